The molecule has 0 unspecified atom stereocenters. The molecular formula is C17H29N3. The van der Waals surface area contributed by atoms with Gasteiger partial charge in [-0.2, -0.15) is 0 Å². The molecule has 0 aromatic carbocycles. The van der Waals surface area contributed by atoms with E-state index in [1.807, 2.05) is 0 Å². The van der Waals surface area contributed by atoms with Crippen molar-refractivity contribution in [3.05, 3.63) is 22.8 Å². The molecule has 2 N–H and O–H groups in total. The highest BCUT2D eigenvalue weighted by Gasteiger charge is 2.24. The Labute approximate surface area is 123 Å². The monoisotopic (exact) mass is 275 g/mol. The van der Waals surface area contributed by atoms with Crippen LogP contribution >= 0.6 is 0 Å². The van der Waals surface area contributed by atoms with Gasteiger partial charge in [-0.15, -0.1) is 0 Å². The van der Waals surface area contributed by atoms with E-state index in [9.17, 15) is 0 Å². The van der Waals surface area contributed by atoms with Crippen LogP contribution in [0.4, 0.5) is 0 Å². The Balaban J connectivity index is 2.07. The first-order chi connectivity index (χ1) is 9.65. The van der Waals surface area contributed by atoms with E-state index >= 15 is 0 Å². The van der Waals surface area contributed by atoms with E-state index in [0.717, 1.165) is 29.6 Å². The molecule has 1 saturated carbocycles. The highest BCUT2D eigenvalue weighted by atomic mass is 14.9. The average molecular weight is 275 g/mol. The number of aryl methyl sites for hydroxylation is 2. The Morgan fingerprint density at radius 1 is 1.05 bits per heavy atom. The van der Waals surface area contributed by atoms with Gasteiger partial charge in [0.05, 0.1) is 0 Å². The number of hydrogen-bond acceptors (Lipinski definition) is 3. The molecule has 2 rings (SSSR count). The van der Waals surface area contributed by atoms with Crippen LogP contribution in [0.2, 0.25) is 0 Å². The Kier molecular flexibility index (Phi) is 5.53. The zero-order valence-electron chi connectivity index (χ0n) is 13.3. The van der Waals surface area contributed by atoms with E-state index < -0.39 is 0 Å². The van der Waals surface area contributed by atoms with Gasteiger partial charge in [-0.1, -0.05) is 19.8 Å². The fourth-order valence-electron chi connectivity index (χ4n) is 3.57. The standard InChI is InChI=1S/C17H29N3/c1-4-5-14-6-8-15(9-7-14)17-19-12(2)16(10-11-18)13(3)20-17/h14-15H,4-11,18H2,1-3H3. The summed E-state index contributed by atoms with van der Waals surface area (Å²) >= 11 is 0. The third-order valence-corrected chi connectivity index (χ3v) is 4.74. The van der Waals surface area contributed by atoms with Gasteiger partial charge in [0, 0.05) is 17.3 Å². The highest BCUT2D eigenvalue weighted by molar-refractivity contribution is 5.25. The number of nitrogens with two attached hydrogens (primary N) is 1. The van der Waals surface area contributed by atoms with Gasteiger partial charge in [-0.3, -0.25) is 0 Å². The van der Waals surface area contributed by atoms with Gasteiger partial charge < -0.3 is 5.73 Å². The van der Waals surface area contributed by atoms with Gasteiger partial charge in [0.2, 0.25) is 0 Å². The van der Waals surface area contributed by atoms with Crippen LogP contribution in [-0.4, -0.2) is 16.5 Å². The maximum absolute atomic E-state index is 5.67. The van der Waals surface area contributed by atoms with E-state index in [1.165, 1.54) is 44.1 Å². The summed E-state index contributed by atoms with van der Waals surface area (Å²) in [5.41, 5.74) is 9.18. The largest absolute Gasteiger partial charge is 0.330 e. The molecule has 1 aliphatic rings. The predicted molar refractivity (Wildman–Crippen MR) is 83.9 cm³/mol. The first kappa shape index (κ1) is 15.4. The summed E-state index contributed by atoms with van der Waals surface area (Å²) in [4.78, 5) is 9.56. The minimum Gasteiger partial charge on any atom is -0.330 e. The van der Waals surface area contributed by atoms with Gasteiger partial charge >= 0.3 is 0 Å². The summed E-state index contributed by atoms with van der Waals surface area (Å²) in [6, 6.07) is 0. The summed E-state index contributed by atoms with van der Waals surface area (Å²) < 4.78 is 0. The lowest BCUT2D eigenvalue weighted by atomic mass is 9.79. The van der Waals surface area contributed by atoms with Gasteiger partial charge in [-0.25, -0.2) is 9.97 Å². The summed E-state index contributed by atoms with van der Waals surface area (Å²) in [6.07, 6.45) is 8.83. The van der Waals surface area contributed by atoms with E-state index in [2.05, 4.69) is 20.8 Å². The first-order valence-corrected chi connectivity index (χ1v) is 8.19. The Morgan fingerprint density at radius 2 is 1.65 bits per heavy atom. The van der Waals surface area contributed by atoms with Crippen molar-refractivity contribution in [1.29, 1.82) is 0 Å². The van der Waals surface area contributed by atoms with Crippen molar-refractivity contribution in [3.8, 4) is 0 Å². The first-order valence-electron chi connectivity index (χ1n) is 8.19. The molecule has 1 aromatic rings. The molecule has 0 spiro atoms. The van der Waals surface area contributed by atoms with Crippen LogP contribution in [0.3, 0.4) is 0 Å². The molecule has 3 heteroatoms. The van der Waals surface area contributed by atoms with Crippen LogP contribution in [0.15, 0.2) is 0 Å². The smallest absolute Gasteiger partial charge is 0.131 e. The van der Waals surface area contributed by atoms with Crippen LogP contribution in [0.25, 0.3) is 0 Å². The molecule has 1 fully saturated rings. The van der Waals surface area contributed by atoms with Crippen molar-refractivity contribution in [1.82, 2.24) is 9.97 Å². The number of aromatic nitrogens is 2. The second kappa shape index (κ2) is 7.16. The topological polar surface area (TPSA) is 51.8 Å². The van der Waals surface area contributed by atoms with Crippen molar-refractivity contribution in [2.24, 2.45) is 11.7 Å². The van der Waals surface area contributed by atoms with Gasteiger partial charge in [0.25, 0.3) is 0 Å². The summed E-state index contributed by atoms with van der Waals surface area (Å²) in [7, 11) is 0. The van der Waals surface area contributed by atoms with Gasteiger partial charge in [0.15, 0.2) is 0 Å². The van der Waals surface area contributed by atoms with Crippen molar-refractivity contribution >= 4 is 0 Å². The molecule has 0 saturated heterocycles. The van der Waals surface area contributed by atoms with Gasteiger partial charge in [-0.05, 0) is 64.0 Å². The summed E-state index contributed by atoms with van der Waals surface area (Å²) in [5, 5.41) is 0. The molecule has 20 heavy (non-hydrogen) atoms. The maximum atomic E-state index is 5.67. The molecule has 0 bridgehead atoms. The van der Waals surface area contributed by atoms with Crippen LogP contribution in [-0.2, 0) is 6.42 Å². The molecule has 1 aliphatic carbocycles. The molecule has 0 aliphatic heterocycles. The zero-order chi connectivity index (χ0) is 14.5. The Bertz CT molecular complexity index is 411. The minimum absolute atomic E-state index is 0.576. The van der Waals surface area contributed by atoms with E-state index in [-0.39, 0.29) is 0 Å². The highest BCUT2D eigenvalue weighted by Crippen LogP contribution is 2.36. The fraction of sp³-hybridized carbons (Fsp3) is 0.765. The zero-order valence-corrected chi connectivity index (χ0v) is 13.3. The minimum atomic E-state index is 0.576. The average Bonchev–Trinajstić information content (AvgIpc) is 2.44. The molecule has 112 valence electrons. The van der Waals surface area contributed by atoms with E-state index in [4.69, 9.17) is 15.7 Å². The second-order valence-electron chi connectivity index (χ2n) is 6.28. The molecule has 1 aromatic heterocycles. The Hall–Kier alpha value is -0.960. The number of hydrogen-bond donors (Lipinski definition) is 1. The van der Waals surface area contributed by atoms with Crippen molar-refractivity contribution in [3.63, 3.8) is 0 Å². The summed E-state index contributed by atoms with van der Waals surface area (Å²) in [5.74, 6) is 2.60. The molecule has 0 atom stereocenters. The molecule has 0 amide bonds. The lowest BCUT2D eigenvalue weighted by Crippen LogP contribution is -2.17. The third kappa shape index (κ3) is 3.57. The fourth-order valence-corrected chi connectivity index (χ4v) is 3.57. The molecule has 3 nitrogen and oxygen atoms in total. The molecular weight excluding hydrogens is 246 g/mol. The van der Waals surface area contributed by atoms with E-state index in [1.54, 1.807) is 0 Å². The maximum Gasteiger partial charge on any atom is 0.131 e. The SMILES string of the molecule is CCCC1CCC(c2nc(C)c(CCN)c(C)n2)CC1. The van der Waals surface area contributed by atoms with E-state index in [0.29, 0.717) is 12.5 Å². The summed E-state index contributed by atoms with van der Waals surface area (Å²) in [6.45, 7) is 7.17. The van der Waals surface area contributed by atoms with Crippen LogP contribution in [0.1, 0.15) is 74.1 Å². The Morgan fingerprint density at radius 3 is 2.15 bits per heavy atom. The molecule has 0 radical (unpaired) electrons. The third-order valence-electron chi connectivity index (χ3n) is 4.74. The van der Waals surface area contributed by atoms with Crippen molar-refractivity contribution in [2.75, 3.05) is 6.54 Å². The lowest BCUT2D eigenvalue weighted by molar-refractivity contribution is 0.302. The quantitative estimate of drug-likeness (QED) is 0.892. The molecule has 1 heterocycles. The van der Waals surface area contributed by atoms with Gasteiger partial charge in [0.1, 0.15) is 5.82 Å². The van der Waals surface area contributed by atoms with Crippen LogP contribution in [0.5, 0.6) is 0 Å². The normalized spacial score (nSPS) is 23.0. The number of nitrogens with zero attached hydrogens (tertiary/aromatic N) is 2. The lowest BCUT2D eigenvalue weighted by Gasteiger charge is -2.28. The van der Waals surface area contributed by atoms with Crippen LogP contribution < -0.4 is 5.73 Å². The predicted octanol–water partition coefficient (Wildman–Crippen LogP) is 3.67. The number of rotatable bonds is 5. The second-order valence-corrected chi connectivity index (χ2v) is 6.28. The van der Waals surface area contributed by atoms with Crippen molar-refractivity contribution < 1.29 is 0 Å². The van der Waals surface area contributed by atoms with Crippen molar-refractivity contribution in [2.45, 2.75) is 71.6 Å². The van der Waals surface area contributed by atoms with Crippen LogP contribution in [0, 0.1) is 19.8 Å².